The van der Waals surface area contributed by atoms with Crippen molar-refractivity contribution in [2.45, 2.75) is 87.4 Å². The van der Waals surface area contributed by atoms with Crippen molar-refractivity contribution in [2.24, 2.45) is 15.0 Å². The second kappa shape index (κ2) is 42.7. The first-order valence-electron chi connectivity index (χ1n) is 44.1. The third-order valence-electron chi connectivity index (χ3n) is 25.5. The first-order chi connectivity index (χ1) is 66.8. The van der Waals surface area contributed by atoms with Gasteiger partial charge >= 0.3 is 47.9 Å². The normalized spacial score (nSPS) is 21.1. The highest BCUT2D eigenvalue weighted by molar-refractivity contribution is 7.12. The van der Waals surface area contributed by atoms with Crippen molar-refractivity contribution >= 4 is 158 Å². The number of nitrogens with one attached hydrogen (secondary N) is 3. The summed E-state index contributed by atoms with van der Waals surface area (Å²) in [5, 5.41) is 35.7. The molecule has 0 aliphatic carbocycles. The van der Waals surface area contributed by atoms with Gasteiger partial charge in [0.1, 0.15) is 41.2 Å². The Balaban J connectivity index is 0.000000151. The zero-order chi connectivity index (χ0) is 98.4. The molecule has 1 unspecified atom stereocenters. The molecule has 6 aromatic carbocycles. The number of carboxylic acid groups (broad SMARTS) is 2. The summed E-state index contributed by atoms with van der Waals surface area (Å²) in [6.07, 6.45) is 5.36. The number of fused-ring (bicyclic) bond motifs is 3. The number of aliphatic carboxylic acids is 2. The summed E-state index contributed by atoms with van der Waals surface area (Å²) in [6.45, 7) is 12.7. The van der Waals surface area contributed by atoms with E-state index in [0.717, 1.165) is 22.5 Å². The maximum atomic E-state index is 14.1. The van der Waals surface area contributed by atoms with E-state index in [9.17, 15) is 56.3 Å². The fourth-order valence-corrected chi connectivity index (χ4v) is 21.3. The van der Waals surface area contributed by atoms with E-state index in [0.29, 0.717) is 182 Å². The average molecular weight is 2020 g/mol. The number of esters is 3. The van der Waals surface area contributed by atoms with E-state index < -0.39 is 76.6 Å². The fourth-order valence-electron chi connectivity index (χ4n) is 18.7. The van der Waals surface area contributed by atoms with Crippen LogP contribution < -0.4 is 30.7 Å². The van der Waals surface area contributed by atoms with Crippen molar-refractivity contribution in [1.29, 1.82) is 0 Å². The number of nitrogens with zero attached hydrogens (tertiary/aromatic N) is 15. The lowest BCUT2D eigenvalue weighted by Gasteiger charge is -2.44. The third-order valence-corrected chi connectivity index (χ3v) is 28.8. The van der Waals surface area contributed by atoms with Gasteiger partial charge in [-0.2, -0.15) is 0 Å². The number of halogens is 6. The summed E-state index contributed by atoms with van der Waals surface area (Å²) in [4.78, 5) is 159. The molecule has 0 radical (unpaired) electrons. The molecule has 9 aliphatic heterocycles. The minimum Gasteiger partial charge on any atom is -0.481 e. The number of carbonyl (C=O) groups is 9. The highest BCUT2D eigenvalue weighted by atomic mass is 35.5. The number of aliphatic imine (C=N–C) groups is 3. The summed E-state index contributed by atoms with van der Waals surface area (Å²) in [6, 6.07) is 30.3. The first-order valence-corrected chi connectivity index (χ1v) is 47.9. The van der Waals surface area contributed by atoms with Crippen LogP contribution in [0.4, 0.5) is 44.6 Å². The van der Waals surface area contributed by atoms with Gasteiger partial charge in [0.15, 0.2) is 32.5 Å². The Hall–Kier alpha value is -13.0. The molecule has 43 heteroatoms. The number of urea groups is 3. The zero-order valence-electron chi connectivity index (χ0n) is 76.2. The van der Waals surface area contributed by atoms with Gasteiger partial charge in [-0.3, -0.25) is 58.8 Å². The van der Waals surface area contributed by atoms with E-state index in [2.05, 4.69) is 45.6 Å². The number of thiazole rings is 3. The number of methoxy groups -OCH3 is 4. The molecule has 5 N–H and O–H groups in total. The minimum absolute atomic E-state index is 0.0472. The smallest absolute Gasteiger partial charge is 0.338 e. The molecule has 0 saturated carbocycles. The number of piperazine rings is 3. The van der Waals surface area contributed by atoms with Crippen molar-refractivity contribution < 1.29 is 90.2 Å². The molecule has 139 heavy (non-hydrogen) atoms. The van der Waals surface area contributed by atoms with Gasteiger partial charge in [-0.25, -0.2) is 56.9 Å². The predicted octanol–water partition coefficient (Wildman–Crippen LogP) is 12.7. The van der Waals surface area contributed by atoms with Crippen LogP contribution in [0.5, 0.6) is 0 Å². The average Bonchev–Trinajstić information content (AvgIpc) is 1.57. The molecule has 6 saturated heterocycles. The number of amidine groups is 3. The minimum atomic E-state index is -0.917. The quantitative estimate of drug-likeness (QED) is 0.0173. The van der Waals surface area contributed by atoms with Gasteiger partial charge in [0, 0.05) is 199 Å². The maximum absolute atomic E-state index is 14.1. The van der Waals surface area contributed by atoms with Crippen molar-refractivity contribution in [3.63, 3.8) is 0 Å². The number of aryl methyl sites for hydroxylation is 1. The summed E-state index contributed by atoms with van der Waals surface area (Å²) >= 11 is 23.6. The molecule has 18 rings (SSSR count). The largest absolute Gasteiger partial charge is 0.481 e. The lowest BCUT2D eigenvalue weighted by atomic mass is 9.94. The number of carbonyl (C=O) groups excluding carboxylic acids is 7. The SMILES string of the molecule is COC(=O)C1=C(CN2CCN3C(=O)N(c4ccc(CC(=O)O)cc4)CC3(C)C2)NC(c2nccs2)=N[C@H]1c1ccc(F)cc1Cl.COC(=O)C1=C(CN2CCN3C(=O)N(c4ccc(CCC(=O)O)cc4)C[C@H]3C2)NC(c2nccs2)=N[C@H]1c1ccc(F)cc1Cl.COC[C@@H]1[C@H]2CN(c3ccc(C(C)(C)OC=O)cc3)C(=O)N2CCN1CC1=C(C(=O)OC)[C@H](c2ccc(F)cc2Cl)N=C(c2nccs2)N1. The molecular formula is C96H96Cl3F3N18O16S3. The molecule has 0 spiro atoms. The van der Waals surface area contributed by atoms with Gasteiger partial charge < -0.3 is 64.5 Å². The van der Waals surface area contributed by atoms with Gasteiger partial charge in [-0.05, 0) is 117 Å². The Bertz CT molecular complexity index is 6380. The zero-order valence-corrected chi connectivity index (χ0v) is 80.9. The Labute approximate surface area is 823 Å². The van der Waals surface area contributed by atoms with Crippen molar-refractivity contribution in [3.05, 3.63) is 277 Å². The first kappa shape index (κ1) is 99.0. The highest BCUT2D eigenvalue weighted by Gasteiger charge is 2.52. The third kappa shape index (κ3) is 21.6. The van der Waals surface area contributed by atoms with E-state index in [1.54, 1.807) is 78.5 Å². The molecule has 726 valence electrons. The van der Waals surface area contributed by atoms with Crippen LogP contribution in [0.15, 0.2) is 211 Å². The van der Waals surface area contributed by atoms with E-state index in [1.165, 1.54) is 110 Å². The van der Waals surface area contributed by atoms with Crippen molar-refractivity contribution in [3.8, 4) is 0 Å². The number of amides is 6. The van der Waals surface area contributed by atoms with E-state index in [-0.39, 0.29) is 87.4 Å². The second-order valence-corrected chi connectivity index (χ2v) is 38.5. The molecule has 9 aromatic rings. The standard InChI is InChI=1S/C34H36ClFN6O6S.2C31H30ClFN6O5S/c1-34(2,48-19-43)20-5-8-22(9-6-20)42-17-26-27(18-46-3)40(12-13-41(26)33(42)45)16-25-28(32(44)47-4)29(23-10-7-21(36)15-24(23)35)39-30(38-25)31-37-11-14-49-31;1-31-16-37(10-11-39(31)30(43)38(17-31)20-6-3-18(4-7-20)13-24(40)41)15-23-25(29(42)44-2)26(21-8-5-19(33)14-22(21)32)36-27(35-23)28-34-9-12-45-28;1-44-30(42)26-24(35-28(29-34-10-13-45-29)36-27(26)22-8-5-19(33)14-23(22)32)17-37-11-12-38-21(15-37)16-39(31(38)43)20-6-2-18(3-7-20)4-9-25(40)41/h5-11,14-15,19,26-27,29H,12-13,16-18H2,1-4H3,(H,38,39);3-9,12,14,26H,10-11,13,15-17H2,1-2H3,(H,35,36)(H,40,41);2-3,5-8,10,13-14,21,27H,4,9,11-12,15-17H2,1H3,(H,35,36)(H,40,41)/t26-,27-,29+;26-,31?;21-,27+/m101/s1. The Morgan fingerprint density at radius 3 is 1.40 bits per heavy atom. The van der Waals surface area contributed by atoms with Crippen LogP contribution in [0.3, 0.4) is 0 Å². The number of hydrogen-bond acceptors (Lipinski definition) is 29. The van der Waals surface area contributed by atoms with Crippen molar-refractivity contribution in [2.75, 3.05) is 141 Å². The van der Waals surface area contributed by atoms with E-state index in [1.807, 2.05) is 86.3 Å². The Morgan fingerprint density at radius 2 is 0.957 bits per heavy atom. The monoisotopic (exact) mass is 2010 g/mol. The maximum Gasteiger partial charge on any atom is 0.338 e. The van der Waals surface area contributed by atoms with Gasteiger partial charge in [-0.15, -0.1) is 34.0 Å². The molecule has 34 nitrogen and oxygen atoms in total. The molecule has 9 aliphatic rings. The molecule has 6 fully saturated rings. The van der Waals surface area contributed by atoms with Crippen LogP contribution in [0.1, 0.15) is 93.7 Å². The number of ether oxygens (including phenoxy) is 5. The van der Waals surface area contributed by atoms with E-state index >= 15 is 0 Å². The lowest BCUT2D eigenvalue weighted by Crippen LogP contribution is -2.61. The molecule has 12 heterocycles. The van der Waals surface area contributed by atoms with Gasteiger partial charge in [0.2, 0.25) is 0 Å². The summed E-state index contributed by atoms with van der Waals surface area (Å²) in [7, 11) is 5.51. The molecule has 0 bridgehead atoms. The number of carboxylic acids is 2. The molecular weight excluding hydrogens is 1920 g/mol. The Kier molecular flexibility index (Phi) is 30.4. The topological polar surface area (TPSA) is 381 Å². The fraction of sp³-hybridized carbons (Fsp3) is 0.344. The molecule has 6 amide bonds. The number of aromatic nitrogens is 3. The van der Waals surface area contributed by atoms with Crippen LogP contribution in [0, 0.1) is 17.5 Å². The number of benzene rings is 6. The van der Waals surface area contributed by atoms with Gasteiger partial charge in [0.05, 0.1) is 81.3 Å². The van der Waals surface area contributed by atoms with Crippen LogP contribution in [-0.2, 0) is 70.9 Å². The molecule has 7 atom stereocenters. The molecule has 3 aromatic heterocycles. The number of rotatable bonds is 28. The Morgan fingerprint density at radius 1 is 0.518 bits per heavy atom. The predicted molar refractivity (Wildman–Crippen MR) is 516 cm³/mol. The number of hydrogen-bond donors (Lipinski definition) is 5. The van der Waals surface area contributed by atoms with Crippen LogP contribution >= 0.6 is 68.8 Å². The number of anilines is 3. The van der Waals surface area contributed by atoms with Crippen molar-refractivity contribution in [1.82, 2.24) is 60.3 Å². The summed E-state index contributed by atoms with van der Waals surface area (Å²) in [5.74, 6) is -3.72. The second-order valence-electron chi connectivity index (χ2n) is 34.6. The summed E-state index contributed by atoms with van der Waals surface area (Å²) < 4.78 is 68.6. The van der Waals surface area contributed by atoms with Gasteiger partial charge in [0.25, 0.3) is 6.47 Å². The van der Waals surface area contributed by atoms with Gasteiger partial charge in [-0.1, -0.05) is 89.4 Å². The highest BCUT2D eigenvalue weighted by Crippen LogP contribution is 2.44. The van der Waals surface area contributed by atoms with Crippen LogP contribution in [0.2, 0.25) is 15.1 Å². The van der Waals surface area contributed by atoms with Crippen LogP contribution in [-0.4, -0.2) is 277 Å². The van der Waals surface area contributed by atoms with E-state index in [4.69, 9.17) is 83.7 Å². The van der Waals surface area contributed by atoms with Crippen LogP contribution in [0.25, 0.3) is 0 Å². The summed E-state index contributed by atoms with van der Waals surface area (Å²) in [5.41, 5.74) is 6.94. The lowest BCUT2D eigenvalue weighted by molar-refractivity contribution is -0.141.